The molecule has 9 heteroatoms. The van der Waals surface area contributed by atoms with Crippen LogP contribution in [-0.2, 0) is 14.4 Å². The number of carbonyl (C=O) groups is 3. The van der Waals surface area contributed by atoms with Crippen molar-refractivity contribution < 1.29 is 14.4 Å². The summed E-state index contributed by atoms with van der Waals surface area (Å²) in [6, 6.07) is 10.9. The monoisotopic (exact) mass is 509 g/mol. The number of carbonyl (C=O) groups excluding carboxylic acids is 3. The molecule has 1 N–H and O–H groups in total. The summed E-state index contributed by atoms with van der Waals surface area (Å²) in [4.78, 5) is 44.6. The van der Waals surface area contributed by atoms with Crippen molar-refractivity contribution in [2.24, 2.45) is 23.7 Å². The normalized spacial score (nSPS) is 24.9. The van der Waals surface area contributed by atoms with Gasteiger partial charge in [-0.15, -0.1) is 11.3 Å². The highest BCUT2D eigenvalue weighted by molar-refractivity contribution is 8.01. The number of halogens is 1. The van der Waals surface area contributed by atoms with Crippen molar-refractivity contribution in [3.8, 4) is 0 Å². The second-order valence-corrected chi connectivity index (χ2v) is 11.6. The zero-order valence-electron chi connectivity index (χ0n) is 18.2. The van der Waals surface area contributed by atoms with Crippen LogP contribution in [0.3, 0.4) is 0 Å². The maximum absolute atomic E-state index is 13.1. The molecule has 1 aromatic heterocycles. The summed E-state index contributed by atoms with van der Waals surface area (Å²) in [5.41, 5.74) is 3.02. The number of aromatic nitrogens is 1. The second kappa shape index (κ2) is 8.22. The first-order valence-corrected chi connectivity index (χ1v) is 13.2. The van der Waals surface area contributed by atoms with Gasteiger partial charge >= 0.3 is 0 Å². The molecule has 3 aliphatic rings. The molecule has 1 saturated heterocycles. The quantitative estimate of drug-likeness (QED) is 0.287. The number of rotatable bonds is 5. The third-order valence-corrected chi connectivity index (χ3v) is 9.28. The Morgan fingerprint density at radius 2 is 1.88 bits per heavy atom. The zero-order valence-corrected chi connectivity index (χ0v) is 20.5. The van der Waals surface area contributed by atoms with E-state index in [1.54, 1.807) is 18.2 Å². The SMILES string of the molecule is Cc1ccc(Cl)cc1NC(=O)CSc1nc2ccc(N3C(=O)[C@@H]4[C@H](C3=O)[C@H]3C=C[C@H]4C3)cc2s1. The topological polar surface area (TPSA) is 79.4 Å². The van der Waals surface area contributed by atoms with Crippen molar-refractivity contribution in [3.63, 3.8) is 0 Å². The van der Waals surface area contributed by atoms with Gasteiger partial charge in [0.2, 0.25) is 17.7 Å². The van der Waals surface area contributed by atoms with Gasteiger partial charge in [-0.3, -0.25) is 14.4 Å². The number of anilines is 2. The summed E-state index contributed by atoms with van der Waals surface area (Å²) in [6.07, 6.45) is 5.11. The van der Waals surface area contributed by atoms with Gasteiger partial charge in [-0.2, -0.15) is 0 Å². The number of imide groups is 1. The fourth-order valence-corrected chi connectivity index (χ4v) is 7.37. The van der Waals surface area contributed by atoms with Gasteiger partial charge in [0.25, 0.3) is 0 Å². The fraction of sp³-hybridized carbons (Fsp3) is 0.280. The van der Waals surface area contributed by atoms with Crippen LogP contribution in [0.2, 0.25) is 5.02 Å². The van der Waals surface area contributed by atoms with E-state index < -0.39 is 0 Å². The molecule has 2 bridgehead atoms. The van der Waals surface area contributed by atoms with E-state index in [2.05, 4.69) is 22.5 Å². The number of thiazole rings is 1. The lowest BCUT2D eigenvalue weighted by atomic mass is 9.85. The minimum Gasteiger partial charge on any atom is -0.325 e. The molecule has 2 heterocycles. The van der Waals surface area contributed by atoms with Crippen molar-refractivity contribution in [2.75, 3.05) is 16.0 Å². The smallest absolute Gasteiger partial charge is 0.238 e. The van der Waals surface area contributed by atoms with Gasteiger partial charge in [0.1, 0.15) is 0 Å². The fourth-order valence-electron chi connectivity index (χ4n) is 5.29. The third kappa shape index (κ3) is 3.56. The van der Waals surface area contributed by atoms with E-state index >= 15 is 0 Å². The molecule has 34 heavy (non-hydrogen) atoms. The lowest BCUT2D eigenvalue weighted by Crippen LogP contribution is -2.32. The van der Waals surface area contributed by atoms with Gasteiger partial charge < -0.3 is 5.32 Å². The molecule has 4 atom stereocenters. The van der Waals surface area contributed by atoms with Crippen molar-refractivity contribution in [2.45, 2.75) is 17.7 Å². The Bertz CT molecular complexity index is 1370. The molecule has 2 aromatic carbocycles. The number of nitrogens with zero attached hydrogens (tertiary/aromatic N) is 2. The van der Waals surface area contributed by atoms with Crippen LogP contribution in [0.25, 0.3) is 10.2 Å². The Labute approximate surface area is 209 Å². The van der Waals surface area contributed by atoms with Gasteiger partial charge in [0.05, 0.1) is 33.5 Å². The maximum atomic E-state index is 13.1. The van der Waals surface area contributed by atoms with E-state index in [-0.39, 0.29) is 47.1 Å². The van der Waals surface area contributed by atoms with Crippen LogP contribution in [-0.4, -0.2) is 28.5 Å². The molecule has 2 fully saturated rings. The Morgan fingerprint density at radius 3 is 2.62 bits per heavy atom. The van der Waals surface area contributed by atoms with Crippen LogP contribution in [0.5, 0.6) is 0 Å². The summed E-state index contributed by atoms with van der Waals surface area (Å²) >= 11 is 8.83. The van der Waals surface area contributed by atoms with Crippen LogP contribution in [0, 0.1) is 30.6 Å². The van der Waals surface area contributed by atoms with Crippen molar-refractivity contribution in [1.82, 2.24) is 4.98 Å². The molecule has 172 valence electrons. The zero-order chi connectivity index (χ0) is 23.6. The third-order valence-electron chi connectivity index (χ3n) is 6.88. The molecule has 6 nitrogen and oxygen atoms in total. The van der Waals surface area contributed by atoms with Crippen LogP contribution in [0.4, 0.5) is 11.4 Å². The standard InChI is InChI=1S/C25H20ClN3O3S2/c1-12-2-5-15(26)9-18(12)27-20(30)11-33-25-28-17-7-6-16(10-19(17)34-25)29-23(31)21-13-3-4-14(8-13)22(21)24(29)32/h2-7,9-10,13-14,21-22H,8,11H2,1H3,(H,27,30)/t13-,14-,21-,22+/m0/s1. The number of aryl methyl sites for hydroxylation is 1. The molecule has 3 aromatic rings. The molecule has 0 unspecified atom stereocenters. The summed E-state index contributed by atoms with van der Waals surface area (Å²) in [7, 11) is 0. The lowest BCUT2D eigenvalue weighted by Gasteiger charge is -2.17. The molecule has 2 aliphatic carbocycles. The van der Waals surface area contributed by atoms with E-state index in [1.165, 1.54) is 28.0 Å². The van der Waals surface area contributed by atoms with Crippen molar-refractivity contribution in [1.29, 1.82) is 0 Å². The van der Waals surface area contributed by atoms with Crippen LogP contribution >= 0.6 is 34.7 Å². The number of hydrogen-bond donors (Lipinski definition) is 1. The molecular formula is C25H20ClN3O3S2. The van der Waals surface area contributed by atoms with Gasteiger partial charge in [0, 0.05) is 10.7 Å². The highest BCUT2D eigenvalue weighted by Crippen LogP contribution is 2.53. The summed E-state index contributed by atoms with van der Waals surface area (Å²) < 4.78 is 1.63. The van der Waals surface area contributed by atoms with Crippen LogP contribution in [0.1, 0.15) is 12.0 Å². The van der Waals surface area contributed by atoms with Crippen LogP contribution < -0.4 is 10.2 Å². The number of benzene rings is 2. The Morgan fingerprint density at radius 1 is 1.15 bits per heavy atom. The summed E-state index contributed by atoms with van der Waals surface area (Å²) in [6.45, 7) is 1.91. The molecule has 6 rings (SSSR count). The number of thioether (sulfide) groups is 1. The predicted octanol–water partition coefficient (Wildman–Crippen LogP) is 5.30. The molecule has 0 spiro atoms. The maximum Gasteiger partial charge on any atom is 0.238 e. The predicted molar refractivity (Wildman–Crippen MR) is 135 cm³/mol. The van der Waals surface area contributed by atoms with Gasteiger partial charge in [-0.05, 0) is 61.1 Å². The number of allylic oxidation sites excluding steroid dienone is 2. The number of nitrogens with one attached hydrogen (secondary N) is 1. The Kier molecular flexibility index (Phi) is 5.28. The number of hydrogen-bond acceptors (Lipinski definition) is 6. The van der Waals surface area contributed by atoms with Gasteiger partial charge in [-0.1, -0.05) is 41.6 Å². The Hall–Kier alpha value is -2.68. The largest absolute Gasteiger partial charge is 0.325 e. The summed E-state index contributed by atoms with van der Waals surface area (Å²) in [5, 5.41) is 3.46. The average molecular weight is 510 g/mol. The number of fused-ring (bicyclic) bond motifs is 6. The van der Waals surface area contributed by atoms with Crippen molar-refractivity contribution in [3.05, 3.63) is 59.1 Å². The first kappa shape index (κ1) is 21.8. The Balaban J connectivity index is 1.17. The lowest BCUT2D eigenvalue weighted by molar-refractivity contribution is -0.123. The van der Waals surface area contributed by atoms with Crippen LogP contribution in [0.15, 0.2) is 52.9 Å². The first-order valence-electron chi connectivity index (χ1n) is 11.0. The first-order chi connectivity index (χ1) is 16.4. The summed E-state index contributed by atoms with van der Waals surface area (Å²) in [5.74, 6) is -0.155. The van der Waals surface area contributed by atoms with Crippen molar-refractivity contribution >= 4 is 74.0 Å². The minimum atomic E-state index is -0.215. The molecule has 0 radical (unpaired) electrons. The van der Waals surface area contributed by atoms with Gasteiger partial charge in [0.15, 0.2) is 4.34 Å². The second-order valence-electron chi connectivity index (χ2n) is 8.94. The van der Waals surface area contributed by atoms with E-state index in [4.69, 9.17) is 11.6 Å². The van der Waals surface area contributed by atoms with E-state index in [1.807, 2.05) is 25.1 Å². The molecule has 1 aliphatic heterocycles. The molecule has 1 saturated carbocycles. The number of amides is 3. The molecular weight excluding hydrogens is 490 g/mol. The van der Waals surface area contributed by atoms with Gasteiger partial charge in [-0.25, -0.2) is 9.88 Å². The van der Waals surface area contributed by atoms with E-state index in [9.17, 15) is 14.4 Å². The average Bonchev–Trinajstić information content (AvgIpc) is 3.57. The highest BCUT2D eigenvalue weighted by Gasteiger charge is 2.59. The van der Waals surface area contributed by atoms with E-state index in [0.29, 0.717) is 16.4 Å². The van der Waals surface area contributed by atoms with E-state index in [0.717, 1.165) is 26.5 Å². The highest BCUT2D eigenvalue weighted by atomic mass is 35.5. The minimum absolute atomic E-state index is 0.0849. The molecule has 3 amide bonds.